The fourth-order valence-electron chi connectivity index (χ4n) is 2.49. The molecule has 116 valence electrons. The highest BCUT2D eigenvalue weighted by molar-refractivity contribution is 9.10. The molecule has 2 nitrogen and oxygen atoms in total. The first-order chi connectivity index (χ1) is 10.2. The van der Waals surface area contributed by atoms with Gasteiger partial charge in [0, 0.05) is 16.2 Å². The van der Waals surface area contributed by atoms with Crippen LogP contribution in [0.15, 0.2) is 22.7 Å². The van der Waals surface area contributed by atoms with Crippen LogP contribution in [0, 0.1) is 11.3 Å². The number of hydrogen-bond acceptors (Lipinski definition) is 2. The van der Waals surface area contributed by atoms with Gasteiger partial charge in [0.05, 0.1) is 11.6 Å². The number of nitrogens with zero attached hydrogens (tertiary/aromatic N) is 1. The molecule has 0 spiro atoms. The number of unbranched alkanes of at least 4 members (excludes halogenated alkanes) is 4. The van der Waals surface area contributed by atoms with Gasteiger partial charge in [0.25, 0.3) is 0 Å². The van der Waals surface area contributed by atoms with Crippen molar-refractivity contribution in [3.8, 4) is 6.07 Å². The summed E-state index contributed by atoms with van der Waals surface area (Å²) in [5, 5.41) is 12.6. The van der Waals surface area contributed by atoms with Gasteiger partial charge in [-0.25, -0.2) is 0 Å². The number of halogens is 1. The molecule has 0 atom stereocenters. The minimum Gasteiger partial charge on any atom is -0.381 e. The van der Waals surface area contributed by atoms with Gasteiger partial charge in [-0.2, -0.15) is 5.26 Å². The van der Waals surface area contributed by atoms with Gasteiger partial charge in [0.15, 0.2) is 0 Å². The lowest BCUT2D eigenvalue weighted by Gasteiger charge is -2.21. The van der Waals surface area contributed by atoms with Crippen molar-refractivity contribution in [3.05, 3.63) is 28.2 Å². The highest BCUT2D eigenvalue weighted by Crippen LogP contribution is 2.26. The fourth-order valence-corrected chi connectivity index (χ4v) is 2.99. The number of rotatable bonds is 10. The van der Waals surface area contributed by atoms with Gasteiger partial charge in [0.2, 0.25) is 0 Å². The van der Waals surface area contributed by atoms with Crippen LogP contribution in [0.3, 0.4) is 0 Å². The van der Waals surface area contributed by atoms with E-state index < -0.39 is 0 Å². The second-order valence-electron chi connectivity index (χ2n) is 5.64. The topological polar surface area (TPSA) is 35.8 Å². The van der Waals surface area contributed by atoms with Gasteiger partial charge in [-0.1, -0.05) is 52.4 Å². The molecule has 0 radical (unpaired) electrons. The molecule has 0 unspecified atom stereocenters. The summed E-state index contributed by atoms with van der Waals surface area (Å²) in [4.78, 5) is 0. The Labute approximate surface area is 138 Å². The molecule has 21 heavy (non-hydrogen) atoms. The summed E-state index contributed by atoms with van der Waals surface area (Å²) < 4.78 is 0.984. The van der Waals surface area contributed by atoms with Crippen LogP contribution in [-0.2, 0) is 0 Å². The zero-order valence-electron chi connectivity index (χ0n) is 13.3. The van der Waals surface area contributed by atoms with Crippen molar-refractivity contribution in [1.82, 2.24) is 0 Å². The Morgan fingerprint density at radius 1 is 1.10 bits per heavy atom. The smallest absolute Gasteiger partial charge is 0.0992 e. The summed E-state index contributed by atoms with van der Waals surface area (Å²) in [5.74, 6) is 0. The number of hydrogen-bond donors (Lipinski definition) is 1. The molecule has 0 amide bonds. The Hall–Kier alpha value is -1.01. The Balaban J connectivity index is 2.63. The molecule has 0 aliphatic heterocycles. The molecule has 1 N–H and O–H groups in total. The maximum Gasteiger partial charge on any atom is 0.0992 e. The van der Waals surface area contributed by atoms with Crippen LogP contribution in [0.2, 0.25) is 0 Å². The van der Waals surface area contributed by atoms with Crippen molar-refractivity contribution in [2.45, 2.75) is 71.3 Å². The van der Waals surface area contributed by atoms with E-state index in [0.29, 0.717) is 11.6 Å². The second-order valence-corrected chi connectivity index (χ2v) is 6.49. The lowest BCUT2D eigenvalue weighted by Crippen LogP contribution is -2.19. The summed E-state index contributed by atoms with van der Waals surface area (Å²) in [6.45, 7) is 4.49. The maximum atomic E-state index is 8.93. The zero-order valence-corrected chi connectivity index (χ0v) is 14.9. The highest BCUT2D eigenvalue weighted by atomic mass is 79.9. The largest absolute Gasteiger partial charge is 0.381 e. The number of anilines is 1. The first kappa shape index (κ1) is 18.0. The molecule has 1 aromatic carbocycles. The predicted molar refractivity (Wildman–Crippen MR) is 94.6 cm³/mol. The van der Waals surface area contributed by atoms with Crippen LogP contribution in [0.1, 0.15) is 70.8 Å². The molecule has 0 fully saturated rings. The van der Waals surface area contributed by atoms with Crippen molar-refractivity contribution in [2.75, 3.05) is 5.32 Å². The van der Waals surface area contributed by atoms with Gasteiger partial charge >= 0.3 is 0 Å². The van der Waals surface area contributed by atoms with E-state index in [1.807, 2.05) is 18.2 Å². The van der Waals surface area contributed by atoms with E-state index in [-0.39, 0.29) is 0 Å². The Kier molecular flexibility index (Phi) is 9.17. The minimum atomic E-state index is 0.535. The summed E-state index contributed by atoms with van der Waals surface area (Å²) in [7, 11) is 0. The van der Waals surface area contributed by atoms with Gasteiger partial charge in [0.1, 0.15) is 0 Å². The average molecular weight is 351 g/mol. The van der Waals surface area contributed by atoms with Crippen LogP contribution in [-0.4, -0.2) is 6.04 Å². The minimum absolute atomic E-state index is 0.535. The summed E-state index contributed by atoms with van der Waals surface area (Å²) in [5.41, 5.74) is 1.80. The maximum absolute atomic E-state index is 8.93. The van der Waals surface area contributed by atoms with Gasteiger partial charge < -0.3 is 5.32 Å². The molecule has 0 saturated heterocycles. The third kappa shape index (κ3) is 7.00. The fraction of sp³-hybridized carbons (Fsp3) is 0.611. The van der Waals surface area contributed by atoms with Crippen molar-refractivity contribution in [2.24, 2.45) is 0 Å². The van der Waals surface area contributed by atoms with Crippen molar-refractivity contribution in [3.63, 3.8) is 0 Å². The number of nitrogens with one attached hydrogen (secondary N) is 1. The van der Waals surface area contributed by atoms with Crippen LogP contribution in [0.25, 0.3) is 0 Å². The first-order valence-electron chi connectivity index (χ1n) is 8.17. The van der Waals surface area contributed by atoms with Gasteiger partial charge in [-0.05, 0) is 47.0 Å². The molecule has 0 bridgehead atoms. The van der Waals surface area contributed by atoms with Crippen molar-refractivity contribution < 1.29 is 0 Å². The number of nitriles is 1. The molecule has 0 saturated carbocycles. The molecule has 0 heterocycles. The van der Waals surface area contributed by atoms with Crippen LogP contribution >= 0.6 is 15.9 Å². The Bertz CT molecular complexity index is 441. The third-order valence-corrected chi connectivity index (χ3v) is 4.43. The Morgan fingerprint density at radius 3 is 2.19 bits per heavy atom. The third-order valence-electron chi connectivity index (χ3n) is 3.77. The van der Waals surface area contributed by atoms with Crippen LogP contribution in [0.5, 0.6) is 0 Å². The van der Waals surface area contributed by atoms with E-state index in [4.69, 9.17) is 5.26 Å². The van der Waals surface area contributed by atoms with Gasteiger partial charge in [-0.15, -0.1) is 0 Å². The summed E-state index contributed by atoms with van der Waals surface area (Å²) >= 11 is 3.57. The van der Waals surface area contributed by atoms with Crippen LogP contribution in [0.4, 0.5) is 5.69 Å². The van der Waals surface area contributed by atoms with Crippen molar-refractivity contribution in [1.29, 1.82) is 5.26 Å². The summed E-state index contributed by atoms with van der Waals surface area (Å²) in [6, 6.07) is 8.48. The van der Waals surface area contributed by atoms with E-state index in [1.54, 1.807) is 0 Å². The lowest BCUT2D eigenvalue weighted by molar-refractivity contribution is 0.526. The highest BCUT2D eigenvalue weighted by Gasteiger charge is 2.10. The van der Waals surface area contributed by atoms with E-state index in [1.165, 1.54) is 51.4 Å². The van der Waals surface area contributed by atoms with E-state index in [0.717, 1.165) is 10.2 Å². The monoisotopic (exact) mass is 350 g/mol. The van der Waals surface area contributed by atoms with E-state index in [9.17, 15) is 0 Å². The zero-order chi connectivity index (χ0) is 15.5. The van der Waals surface area contributed by atoms with Crippen molar-refractivity contribution >= 4 is 21.6 Å². The predicted octanol–water partition coefficient (Wildman–Crippen LogP) is 6.26. The molecule has 0 aromatic heterocycles. The molecule has 0 aliphatic rings. The average Bonchev–Trinajstić information content (AvgIpc) is 2.49. The normalized spacial score (nSPS) is 10.6. The molecule has 3 heteroatoms. The molecule has 1 aromatic rings. The molecule has 0 aliphatic carbocycles. The SMILES string of the molecule is CCCCCC(CCCCC)Nc1ccc(C#N)cc1Br. The number of benzene rings is 1. The standard InChI is InChI=1S/C18H27BrN2/c1-3-5-7-9-16(10-8-6-4-2)21-18-12-11-15(14-20)13-17(18)19/h11-13,16,21H,3-10H2,1-2H3. The Morgan fingerprint density at radius 2 is 1.71 bits per heavy atom. The van der Waals surface area contributed by atoms with Crippen LogP contribution < -0.4 is 5.32 Å². The van der Waals surface area contributed by atoms with Gasteiger partial charge in [-0.3, -0.25) is 0 Å². The van der Waals surface area contributed by atoms with E-state index >= 15 is 0 Å². The molecular formula is C18H27BrN2. The summed E-state index contributed by atoms with van der Waals surface area (Å²) in [6.07, 6.45) is 10.2. The van der Waals surface area contributed by atoms with E-state index in [2.05, 4.69) is 41.2 Å². The quantitative estimate of drug-likeness (QED) is 0.505. The lowest BCUT2D eigenvalue weighted by atomic mass is 10.0. The molecule has 1 rings (SSSR count). The first-order valence-corrected chi connectivity index (χ1v) is 8.96. The second kappa shape index (κ2) is 10.7. The molecular weight excluding hydrogens is 324 g/mol.